The van der Waals surface area contributed by atoms with Crippen molar-refractivity contribution in [2.24, 2.45) is 0 Å². The van der Waals surface area contributed by atoms with Gasteiger partial charge >= 0.3 is 0 Å². The Balaban J connectivity index is 2.34. The molecule has 1 aromatic heterocycles. The molecule has 0 saturated carbocycles. The summed E-state index contributed by atoms with van der Waals surface area (Å²) in [6, 6.07) is 3.52. The molecule has 15 heavy (non-hydrogen) atoms. The first-order chi connectivity index (χ1) is 7.26. The predicted molar refractivity (Wildman–Crippen MR) is 54.1 cm³/mol. The van der Waals surface area contributed by atoms with E-state index in [4.69, 9.17) is 4.74 Å². The van der Waals surface area contributed by atoms with Gasteiger partial charge in [0.25, 0.3) is 0 Å². The second kappa shape index (κ2) is 4.26. The summed E-state index contributed by atoms with van der Waals surface area (Å²) in [7, 11) is 0. The molecule has 0 bridgehead atoms. The number of aliphatic hydroxyl groups is 2. The van der Waals surface area contributed by atoms with E-state index < -0.39 is 5.60 Å². The molecular formula is C11H15NO3. The average Bonchev–Trinajstić information content (AvgIpc) is 2.30. The molecule has 0 radical (unpaired) electrons. The summed E-state index contributed by atoms with van der Waals surface area (Å²) in [6.45, 7) is 0.839. The van der Waals surface area contributed by atoms with Crippen LogP contribution in [-0.2, 0) is 16.9 Å². The summed E-state index contributed by atoms with van der Waals surface area (Å²) in [6.07, 6.45) is 3.08. The van der Waals surface area contributed by atoms with Crippen molar-refractivity contribution in [2.75, 3.05) is 13.2 Å². The maximum Gasteiger partial charge on any atom is 0.130 e. The first-order valence-electron chi connectivity index (χ1n) is 5.11. The normalized spacial score (nSPS) is 26.5. The summed E-state index contributed by atoms with van der Waals surface area (Å²) in [5.41, 5.74) is 0.190. The fraction of sp³-hybridized carbons (Fsp3) is 0.545. The van der Waals surface area contributed by atoms with Crippen LogP contribution >= 0.6 is 0 Å². The molecule has 0 aromatic carbocycles. The zero-order chi connectivity index (χ0) is 10.7. The zero-order valence-electron chi connectivity index (χ0n) is 8.52. The fourth-order valence-corrected chi connectivity index (χ4v) is 1.95. The second-order valence-electron chi connectivity index (χ2n) is 3.86. The molecule has 4 heteroatoms. The van der Waals surface area contributed by atoms with E-state index in [1.807, 2.05) is 0 Å². The van der Waals surface area contributed by atoms with Crippen molar-refractivity contribution in [1.82, 2.24) is 4.98 Å². The molecule has 0 amide bonds. The summed E-state index contributed by atoms with van der Waals surface area (Å²) in [4.78, 5) is 4.15. The van der Waals surface area contributed by atoms with Gasteiger partial charge in [0.05, 0.1) is 18.9 Å². The van der Waals surface area contributed by atoms with E-state index in [2.05, 4.69) is 4.98 Å². The zero-order valence-corrected chi connectivity index (χ0v) is 8.52. The molecule has 1 aromatic rings. The summed E-state index contributed by atoms with van der Waals surface area (Å²) in [5.74, 6) is 0. The monoisotopic (exact) mass is 209 g/mol. The molecule has 2 heterocycles. The number of hydrogen-bond acceptors (Lipinski definition) is 4. The molecule has 2 rings (SSSR count). The van der Waals surface area contributed by atoms with Crippen molar-refractivity contribution in [3.63, 3.8) is 0 Å². The molecule has 82 valence electrons. The molecule has 2 N–H and O–H groups in total. The van der Waals surface area contributed by atoms with Crippen LogP contribution in [0.25, 0.3) is 0 Å². The van der Waals surface area contributed by atoms with E-state index in [1.165, 1.54) is 0 Å². The van der Waals surface area contributed by atoms with Crippen LogP contribution in [0.15, 0.2) is 18.3 Å². The standard InChI is InChI=1S/C11H15NO3/c13-7-9-3-1-5-12-10(9)11(14)4-2-6-15-8-11/h1,3,5,13-14H,2,4,6-8H2. The average molecular weight is 209 g/mol. The van der Waals surface area contributed by atoms with Crippen LogP contribution in [0.1, 0.15) is 24.1 Å². The van der Waals surface area contributed by atoms with Crippen LogP contribution in [0.4, 0.5) is 0 Å². The van der Waals surface area contributed by atoms with Gasteiger partial charge in [-0.05, 0) is 18.9 Å². The first kappa shape index (κ1) is 10.5. The molecule has 1 aliphatic heterocycles. The van der Waals surface area contributed by atoms with Crippen molar-refractivity contribution in [3.05, 3.63) is 29.6 Å². The van der Waals surface area contributed by atoms with Gasteiger partial charge in [-0.2, -0.15) is 0 Å². The van der Waals surface area contributed by atoms with Gasteiger partial charge in [0, 0.05) is 18.4 Å². The molecule has 0 spiro atoms. The smallest absolute Gasteiger partial charge is 0.130 e. The van der Waals surface area contributed by atoms with Crippen LogP contribution < -0.4 is 0 Å². The third kappa shape index (κ3) is 2.02. The highest BCUT2D eigenvalue weighted by molar-refractivity contribution is 5.25. The molecule has 1 aliphatic rings. The Bertz CT molecular complexity index is 334. The van der Waals surface area contributed by atoms with Crippen molar-refractivity contribution >= 4 is 0 Å². The molecule has 1 unspecified atom stereocenters. The highest BCUT2D eigenvalue weighted by atomic mass is 16.5. The molecule has 0 aliphatic carbocycles. The SMILES string of the molecule is OCc1cccnc1C1(O)CCCOC1. The van der Waals surface area contributed by atoms with Crippen LogP contribution in [-0.4, -0.2) is 28.4 Å². The Morgan fingerprint density at radius 1 is 1.53 bits per heavy atom. The minimum atomic E-state index is -1.03. The summed E-state index contributed by atoms with van der Waals surface area (Å²) >= 11 is 0. The highest BCUT2D eigenvalue weighted by Crippen LogP contribution is 2.30. The van der Waals surface area contributed by atoms with Crippen molar-refractivity contribution < 1.29 is 14.9 Å². The molecule has 4 nitrogen and oxygen atoms in total. The first-order valence-corrected chi connectivity index (χ1v) is 5.11. The Morgan fingerprint density at radius 3 is 3.07 bits per heavy atom. The number of ether oxygens (including phenoxy) is 1. The number of aliphatic hydroxyl groups excluding tert-OH is 1. The van der Waals surface area contributed by atoms with E-state index >= 15 is 0 Å². The largest absolute Gasteiger partial charge is 0.392 e. The van der Waals surface area contributed by atoms with Gasteiger partial charge in [-0.1, -0.05) is 6.07 Å². The minimum absolute atomic E-state index is 0.106. The number of pyridine rings is 1. The van der Waals surface area contributed by atoms with Crippen molar-refractivity contribution in [3.8, 4) is 0 Å². The number of hydrogen-bond donors (Lipinski definition) is 2. The maximum atomic E-state index is 10.4. The summed E-state index contributed by atoms with van der Waals surface area (Å²) in [5, 5.41) is 19.5. The highest BCUT2D eigenvalue weighted by Gasteiger charge is 2.35. The number of nitrogens with zero attached hydrogens (tertiary/aromatic N) is 1. The van der Waals surface area contributed by atoms with E-state index in [0.717, 1.165) is 6.42 Å². The van der Waals surface area contributed by atoms with Crippen LogP contribution in [0.2, 0.25) is 0 Å². The third-order valence-corrected chi connectivity index (χ3v) is 2.72. The van der Waals surface area contributed by atoms with Gasteiger partial charge in [0.15, 0.2) is 0 Å². The summed E-state index contributed by atoms with van der Waals surface area (Å²) < 4.78 is 5.27. The second-order valence-corrected chi connectivity index (χ2v) is 3.86. The number of aromatic nitrogens is 1. The van der Waals surface area contributed by atoms with Gasteiger partial charge in [0.2, 0.25) is 0 Å². The number of rotatable bonds is 2. The van der Waals surface area contributed by atoms with E-state index in [-0.39, 0.29) is 13.2 Å². The van der Waals surface area contributed by atoms with Gasteiger partial charge in [0.1, 0.15) is 5.60 Å². The molecule has 1 fully saturated rings. The lowest BCUT2D eigenvalue weighted by Gasteiger charge is -2.32. The molecular weight excluding hydrogens is 194 g/mol. The maximum absolute atomic E-state index is 10.4. The quantitative estimate of drug-likeness (QED) is 0.747. The van der Waals surface area contributed by atoms with Crippen LogP contribution in [0.5, 0.6) is 0 Å². The third-order valence-electron chi connectivity index (χ3n) is 2.72. The Morgan fingerprint density at radius 2 is 2.40 bits per heavy atom. The van der Waals surface area contributed by atoms with Gasteiger partial charge < -0.3 is 14.9 Å². The Labute approximate surface area is 88.5 Å². The van der Waals surface area contributed by atoms with E-state index in [1.54, 1.807) is 18.3 Å². The van der Waals surface area contributed by atoms with Crippen LogP contribution in [0.3, 0.4) is 0 Å². The Kier molecular flexibility index (Phi) is 3.00. The van der Waals surface area contributed by atoms with E-state index in [9.17, 15) is 10.2 Å². The van der Waals surface area contributed by atoms with Gasteiger partial charge in [-0.25, -0.2) is 0 Å². The minimum Gasteiger partial charge on any atom is -0.392 e. The van der Waals surface area contributed by atoms with Crippen LogP contribution in [0, 0.1) is 0 Å². The van der Waals surface area contributed by atoms with Crippen molar-refractivity contribution in [2.45, 2.75) is 25.0 Å². The molecule has 1 atom stereocenters. The lowest BCUT2D eigenvalue weighted by molar-refractivity contribution is -0.0937. The fourth-order valence-electron chi connectivity index (χ4n) is 1.95. The topological polar surface area (TPSA) is 62.6 Å². The van der Waals surface area contributed by atoms with E-state index in [0.29, 0.717) is 24.3 Å². The Hall–Kier alpha value is -0.970. The van der Waals surface area contributed by atoms with Gasteiger partial charge in [-0.3, -0.25) is 4.98 Å². The lowest BCUT2D eigenvalue weighted by Crippen LogP contribution is -2.37. The lowest BCUT2D eigenvalue weighted by atomic mass is 9.90. The predicted octanol–water partition coefficient (Wildman–Crippen LogP) is 0.572. The van der Waals surface area contributed by atoms with Gasteiger partial charge in [-0.15, -0.1) is 0 Å². The van der Waals surface area contributed by atoms with Crippen molar-refractivity contribution in [1.29, 1.82) is 0 Å². The molecule has 1 saturated heterocycles.